The van der Waals surface area contributed by atoms with Crippen LogP contribution >= 0.6 is 0 Å². The Bertz CT molecular complexity index is 445. The van der Waals surface area contributed by atoms with E-state index in [-0.39, 0.29) is 0 Å². The lowest BCUT2D eigenvalue weighted by molar-refractivity contribution is -0.137. The average molecular weight is 265 g/mol. The molecule has 0 aliphatic rings. The zero-order chi connectivity index (χ0) is 13.9. The topological polar surface area (TPSA) is 49.3 Å². The Balaban J connectivity index is 3.04. The van der Waals surface area contributed by atoms with Crippen LogP contribution in [0.2, 0.25) is 0 Å². The lowest BCUT2D eigenvalue weighted by Crippen LogP contribution is -2.35. The van der Waals surface area contributed by atoms with Gasteiger partial charge in [0.2, 0.25) is 0 Å². The maximum absolute atomic E-state index is 13.3. The number of aliphatic hydroxyl groups is 1. The lowest BCUT2D eigenvalue weighted by atomic mass is 10.1. The lowest BCUT2D eigenvalue weighted by Gasteiger charge is -2.13. The minimum atomic E-state index is -4.65. The predicted octanol–water partition coefficient (Wildman–Crippen LogP) is 1.96. The first-order chi connectivity index (χ1) is 8.25. The molecule has 0 radical (unpaired) electrons. The highest BCUT2D eigenvalue weighted by Gasteiger charge is 2.32. The van der Waals surface area contributed by atoms with Gasteiger partial charge in [-0.1, -0.05) is 0 Å². The van der Waals surface area contributed by atoms with E-state index in [4.69, 9.17) is 5.11 Å². The Morgan fingerprint density at radius 3 is 2.56 bits per heavy atom. The summed E-state index contributed by atoms with van der Waals surface area (Å²) in [6.45, 7) is 1.04. The number of carbonyl (C=O) groups excluding carboxylic acids is 1. The zero-order valence-electron chi connectivity index (χ0n) is 9.38. The van der Waals surface area contributed by atoms with Crippen molar-refractivity contribution in [3.63, 3.8) is 0 Å². The summed E-state index contributed by atoms with van der Waals surface area (Å²) < 4.78 is 50.5. The van der Waals surface area contributed by atoms with Crippen molar-refractivity contribution in [1.29, 1.82) is 0 Å². The van der Waals surface area contributed by atoms with Gasteiger partial charge in [-0.25, -0.2) is 4.39 Å². The van der Waals surface area contributed by atoms with E-state index in [1.54, 1.807) is 0 Å². The fraction of sp³-hybridized carbons (Fsp3) is 0.364. The molecular weight excluding hydrogens is 254 g/mol. The number of hydrogen-bond acceptors (Lipinski definition) is 2. The van der Waals surface area contributed by atoms with E-state index >= 15 is 0 Å². The van der Waals surface area contributed by atoms with Crippen LogP contribution in [0.4, 0.5) is 17.6 Å². The van der Waals surface area contributed by atoms with Crippen molar-refractivity contribution in [2.24, 2.45) is 0 Å². The summed E-state index contributed by atoms with van der Waals surface area (Å²) in [5.41, 5.74) is -1.81. The normalized spacial score (nSPS) is 13.2. The van der Waals surface area contributed by atoms with Crippen LogP contribution < -0.4 is 5.32 Å². The molecule has 1 atom stereocenters. The second kappa shape index (κ2) is 5.34. The van der Waals surface area contributed by atoms with Crippen molar-refractivity contribution < 1.29 is 27.5 Å². The first-order valence-corrected chi connectivity index (χ1v) is 5.04. The van der Waals surface area contributed by atoms with Crippen LogP contribution in [-0.4, -0.2) is 23.7 Å². The summed E-state index contributed by atoms with van der Waals surface area (Å²) in [6, 6.07) is 0.906. The van der Waals surface area contributed by atoms with Gasteiger partial charge in [0.05, 0.1) is 17.7 Å². The third-order valence-corrected chi connectivity index (χ3v) is 2.19. The minimum absolute atomic E-state index is 0.397. The van der Waals surface area contributed by atoms with Crippen LogP contribution in [0.15, 0.2) is 18.2 Å². The van der Waals surface area contributed by atoms with Gasteiger partial charge in [-0.05, 0) is 25.1 Å². The summed E-state index contributed by atoms with van der Waals surface area (Å²) in [5.74, 6) is -2.05. The molecule has 7 heteroatoms. The largest absolute Gasteiger partial charge is 0.416 e. The fourth-order valence-electron chi connectivity index (χ4n) is 1.22. The van der Waals surface area contributed by atoms with Crippen LogP contribution in [0.5, 0.6) is 0 Å². The Morgan fingerprint density at radius 1 is 1.44 bits per heavy atom. The zero-order valence-corrected chi connectivity index (χ0v) is 9.38. The molecule has 2 N–H and O–H groups in total. The molecule has 0 spiro atoms. The number of carbonyl (C=O) groups is 1. The Morgan fingerprint density at radius 2 is 2.06 bits per heavy atom. The van der Waals surface area contributed by atoms with E-state index in [2.05, 4.69) is 5.32 Å². The Hall–Kier alpha value is -1.63. The number of rotatable bonds is 3. The smallest absolute Gasteiger partial charge is 0.394 e. The molecule has 1 aromatic carbocycles. The number of amides is 1. The molecule has 0 aliphatic carbocycles. The summed E-state index contributed by atoms with van der Waals surface area (Å²) in [7, 11) is 0. The van der Waals surface area contributed by atoms with Gasteiger partial charge in [-0.3, -0.25) is 4.79 Å². The molecule has 0 bridgehead atoms. The highest BCUT2D eigenvalue weighted by Crippen LogP contribution is 2.30. The maximum atomic E-state index is 13.3. The van der Waals surface area contributed by atoms with E-state index in [0.717, 1.165) is 0 Å². The van der Waals surface area contributed by atoms with Gasteiger partial charge >= 0.3 is 6.18 Å². The number of aliphatic hydroxyl groups excluding tert-OH is 1. The molecule has 0 fully saturated rings. The number of benzene rings is 1. The van der Waals surface area contributed by atoms with E-state index in [1.165, 1.54) is 6.92 Å². The van der Waals surface area contributed by atoms with Crippen molar-refractivity contribution in [3.8, 4) is 0 Å². The molecule has 0 saturated carbocycles. The van der Waals surface area contributed by atoms with E-state index in [1.807, 2.05) is 0 Å². The molecule has 0 unspecified atom stereocenters. The Kier molecular flexibility index (Phi) is 4.28. The predicted molar refractivity (Wildman–Crippen MR) is 55.4 cm³/mol. The number of hydrogen-bond donors (Lipinski definition) is 2. The third kappa shape index (κ3) is 3.43. The average Bonchev–Trinajstić information content (AvgIpc) is 2.27. The molecule has 1 aromatic rings. The monoisotopic (exact) mass is 265 g/mol. The molecular formula is C11H11F4NO2. The van der Waals surface area contributed by atoms with E-state index in [9.17, 15) is 22.4 Å². The SMILES string of the molecule is C[C@H](CO)NC(=O)c1cc(C(F)(F)F)ccc1F. The van der Waals surface area contributed by atoms with Crippen molar-refractivity contribution in [2.45, 2.75) is 19.1 Å². The van der Waals surface area contributed by atoms with Crippen LogP contribution in [0.25, 0.3) is 0 Å². The van der Waals surface area contributed by atoms with Gasteiger partial charge in [0.15, 0.2) is 0 Å². The number of nitrogens with one attached hydrogen (secondary N) is 1. The molecule has 0 aromatic heterocycles. The van der Waals surface area contributed by atoms with Gasteiger partial charge in [0.1, 0.15) is 5.82 Å². The third-order valence-electron chi connectivity index (χ3n) is 2.19. The number of alkyl halides is 3. The summed E-state index contributed by atoms with van der Waals surface area (Å²) in [5, 5.41) is 10.9. The van der Waals surface area contributed by atoms with Crippen molar-refractivity contribution >= 4 is 5.91 Å². The maximum Gasteiger partial charge on any atom is 0.416 e. The van der Waals surface area contributed by atoms with Crippen LogP contribution in [0, 0.1) is 5.82 Å². The van der Waals surface area contributed by atoms with Gasteiger partial charge in [-0.2, -0.15) is 13.2 Å². The minimum Gasteiger partial charge on any atom is -0.394 e. The standard InChI is InChI=1S/C11H11F4NO2/c1-6(5-17)16-10(18)8-4-7(11(13,14)15)2-3-9(8)12/h2-4,6,17H,5H2,1H3,(H,16,18)/t6-/m1/s1. The van der Waals surface area contributed by atoms with Gasteiger partial charge in [0, 0.05) is 6.04 Å². The summed E-state index contributed by atoms with van der Waals surface area (Å²) >= 11 is 0. The second-order valence-corrected chi connectivity index (χ2v) is 3.75. The highest BCUT2D eigenvalue weighted by molar-refractivity contribution is 5.94. The summed E-state index contributed by atoms with van der Waals surface area (Å²) in [4.78, 5) is 11.5. The second-order valence-electron chi connectivity index (χ2n) is 3.75. The van der Waals surface area contributed by atoms with Crippen LogP contribution in [-0.2, 0) is 6.18 Å². The molecule has 100 valence electrons. The van der Waals surface area contributed by atoms with Crippen molar-refractivity contribution in [3.05, 3.63) is 35.1 Å². The molecule has 1 amide bonds. The van der Waals surface area contributed by atoms with Crippen LogP contribution in [0.1, 0.15) is 22.8 Å². The first-order valence-electron chi connectivity index (χ1n) is 5.04. The van der Waals surface area contributed by atoms with Crippen LogP contribution in [0.3, 0.4) is 0 Å². The van der Waals surface area contributed by atoms with Gasteiger partial charge < -0.3 is 10.4 Å². The van der Waals surface area contributed by atoms with Gasteiger partial charge in [-0.15, -0.1) is 0 Å². The van der Waals surface area contributed by atoms with Gasteiger partial charge in [0.25, 0.3) is 5.91 Å². The van der Waals surface area contributed by atoms with E-state index in [0.29, 0.717) is 18.2 Å². The summed E-state index contributed by atoms with van der Waals surface area (Å²) in [6.07, 6.45) is -4.65. The Labute approximate surface area is 100 Å². The molecule has 0 saturated heterocycles. The molecule has 0 heterocycles. The number of halogens is 4. The fourth-order valence-corrected chi connectivity index (χ4v) is 1.22. The highest BCUT2D eigenvalue weighted by atomic mass is 19.4. The molecule has 0 aliphatic heterocycles. The molecule has 1 rings (SSSR count). The van der Waals surface area contributed by atoms with Crippen molar-refractivity contribution in [1.82, 2.24) is 5.32 Å². The first kappa shape index (κ1) is 14.4. The molecule has 3 nitrogen and oxygen atoms in total. The van der Waals surface area contributed by atoms with Crippen molar-refractivity contribution in [2.75, 3.05) is 6.61 Å². The molecule has 18 heavy (non-hydrogen) atoms. The van der Waals surface area contributed by atoms with E-state index < -0.39 is 41.7 Å². The quantitative estimate of drug-likeness (QED) is 0.821.